The molecular formula is C9H20N2O2. The van der Waals surface area contributed by atoms with Crippen LogP contribution in [0.2, 0.25) is 0 Å². The van der Waals surface area contributed by atoms with Crippen LogP contribution in [0.5, 0.6) is 0 Å². The van der Waals surface area contributed by atoms with Gasteiger partial charge in [0.15, 0.2) is 0 Å². The van der Waals surface area contributed by atoms with Crippen LogP contribution in [-0.4, -0.2) is 37.3 Å². The Labute approximate surface area is 79.7 Å². The number of hydrogen-bond donors (Lipinski definition) is 3. The van der Waals surface area contributed by atoms with Crippen molar-refractivity contribution >= 4 is 5.91 Å². The number of aliphatic hydroxyl groups is 1. The molecule has 0 aliphatic heterocycles. The lowest BCUT2D eigenvalue weighted by molar-refractivity contribution is -0.123. The van der Waals surface area contributed by atoms with E-state index in [-0.39, 0.29) is 24.0 Å². The first-order valence-corrected chi connectivity index (χ1v) is 4.49. The van der Waals surface area contributed by atoms with Gasteiger partial charge in [0.05, 0.1) is 6.04 Å². The van der Waals surface area contributed by atoms with E-state index < -0.39 is 0 Å². The van der Waals surface area contributed by atoms with Gasteiger partial charge in [-0.25, -0.2) is 0 Å². The SMILES string of the molecule is CNC(C)C(=O)NCC(C)(C)CO. The van der Waals surface area contributed by atoms with Crippen LogP contribution in [0.15, 0.2) is 0 Å². The molecule has 0 aliphatic rings. The number of aliphatic hydroxyl groups excluding tert-OH is 1. The number of hydrogen-bond acceptors (Lipinski definition) is 3. The number of amides is 1. The third-order valence-electron chi connectivity index (χ3n) is 2.00. The molecule has 0 bridgehead atoms. The smallest absolute Gasteiger partial charge is 0.236 e. The highest BCUT2D eigenvalue weighted by atomic mass is 16.3. The molecular weight excluding hydrogens is 168 g/mol. The molecule has 0 aliphatic carbocycles. The second-order valence-corrected chi connectivity index (χ2v) is 4.05. The molecule has 78 valence electrons. The van der Waals surface area contributed by atoms with Crippen molar-refractivity contribution in [1.82, 2.24) is 10.6 Å². The van der Waals surface area contributed by atoms with Crippen molar-refractivity contribution < 1.29 is 9.90 Å². The van der Waals surface area contributed by atoms with E-state index in [9.17, 15) is 4.79 Å². The van der Waals surface area contributed by atoms with Gasteiger partial charge in [-0.05, 0) is 14.0 Å². The molecule has 0 spiro atoms. The van der Waals surface area contributed by atoms with Crippen molar-refractivity contribution in [2.45, 2.75) is 26.8 Å². The van der Waals surface area contributed by atoms with E-state index in [1.165, 1.54) is 0 Å². The van der Waals surface area contributed by atoms with Crippen LogP contribution in [0.1, 0.15) is 20.8 Å². The van der Waals surface area contributed by atoms with E-state index in [0.717, 1.165) is 0 Å². The standard InChI is InChI=1S/C9H20N2O2/c1-7(10-4)8(13)11-5-9(2,3)6-12/h7,10,12H,5-6H2,1-4H3,(H,11,13). The average Bonchev–Trinajstić information content (AvgIpc) is 2.13. The first kappa shape index (κ1) is 12.4. The molecule has 0 radical (unpaired) electrons. The zero-order valence-corrected chi connectivity index (χ0v) is 8.85. The van der Waals surface area contributed by atoms with Gasteiger partial charge in [0.2, 0.25) is 5.91 Å². The summed E-state index contributed by atoms with van der Waals surface area (Å²) >= 11 is 0. The van der Waals surface area contributed by atoms with Crippen LogP contribution in [0.3, 0.4) is 0 Å². The maximum atomic E-state index is 11.3. The second-order valence-electron chi connectivity index (χ2n) is 4.05. The Morgan fingerprint density at radius 2 is 2.08 bits per heavy atom. The third kappa shape index (κ3) is 4.85. The number of carbonyl (C=O) groups excluding carboxylic acids is 1. The van der Waals surface area contributed by atoms with E-state index in [4.69, 9.17) is 5.11 Å². The van der Waals surface area contributed by atoms with Gasteiger partial charge in [0.25, 0.3) is 0 Å². The molecule has 1 amide bonds. The molecule has 0 heterocycles. The summed E-state index contributed by atoms with van der Waals surface area (Å²) in [5.74, 6) is -0.0379. The number of nitrogens with one attached hydrogen (secondary N) is 2. The van der Waals surface area contributed by atoms with Crippen LogP contribution >= 0.6 is 0 Å². The minimum Gasteiger partial charge on any atom is -0.396 e. The Bertz CT molecular complexity index is 169. The van der Waals surface area contributed by atoms with E-state index in [1.54, 1.807) is 14.0 Å². The van der Waals surface area contributed by atoms with Gasteiger partial charge < -0.3 is 15.7 Å². The third-order valence-corrected chi connectivity index (χ3v) is 2.00. The molecule has 0 aromatic carbocycles. The minimum absolute atomic E-state index is 0.0379. The Balaban J connectivity index is 3.83. The van der Waals surface area contributed by atoms with Crippen LogP contribution in [-0.2, 0) is 4.79 Å². The van der Waals surface area contributed by atoms with Gasteiger partial charge in [-0.15, -0.1) is 0 Å². The summed E-state index contributed by atoms with van der Waals surface area (Å²) in [5, 5.41) is 14.5. The summed E-state index contributed by atoms with van der Waals surface area (Å²) < 4.78 is 0. The van der Waals surface area contributed by atoms with Gasteiger partial charge in [0, 0.05) is 18.6 Å². The van der Waals surface area contributed by atoms with Gasteiger partial charge >= 0.3 is 0 Å². The van der Waals surface area contributed by atoms with Crippen molar-refractivity contribution in [3.05, 3.63) is 0 Å². The molecule has 4 nitrogen and oxygen atoms in total. The lowest BCUT2D eigenvalue weighted by Gasteiger charge is -2.22. The fraction of sp³-hybridized carbons (Fsp3) is 0.889. The second kappa shape index (κ2) is 5.19. The van der Waals surface area contributed by atoms with Crippen molar-refractivity contribution in [3.63, 3.8) is 0 Å². The number of rotatable bonds is 5. The van der Waals surface area contributed by atoms with Crippen molar-refractivity contribution in [2.24, 2.45) is 5.41 Å². The maximum Gasteiger partial charge on any atom is 0.236 e. The highest BCUT2D eigenvalue weighted by Crippen LogP contribution is 2.10. The van der Waals surface area contributed by atoms with Gasteiger partial charge in [-0.3, -0.25) is 4.79 Å². The highest BCUT2D eigenvalue weighted by molar-refractivity contribution is 5.81. The molecule has 0 rings (SSSR count). The normalized spacial score (nSPS) is 13.9. The monoisotopic (exact) mass is 188 g/mol. The molecule has 0 aromatic rings. The fourth-order valence-electron chi connectivity index (χ4n) is 0.666. The lowest BCUT2D eigenvalue weighted by Crippen LogP contribution is -2.44. The molecule has 0 fully saturated rings. The zero-order chi connectivity index (χ0) is 10.5. The molecule has 0 aromatic heterocycles. The van der Waals surface area contributed by atoms with Crippen LogP contribution in [0.4, 0.5) is 0 Å². The van der Waals surface area contributed by atoms with E-state index in [1.807, 2.05) is 13.8 Å². The Morgan fingerprint density at radius 3 is 2.46 bits per heavy atom. The molecule has 4 heteroatoms. The Hall–Kier alpha value is -0.610. The van der Waals surface area contributed by atoms with Crippen molar-refractivity contribution in [1.29, 1.82) is 0 Å². The molecule has 1 atom stereocenters. The van der Waals surface area contributed by atoms with Gasteiger partial charge in [-0.2, -0.15) is 0 Å². The van der Waals surface area contributed by atoms with E-state index in [0.29, 0.717) is 6.54 Å². The van der Waals surface area contributed by atoms with Crippen molar-refractivity contribution in [3.8, 4) is 0 Å². The molecule has 3 N–H and O–H groups in total. The van der Waals surface area contributed by atoms with Crippen LogP contribution in [0, 0.1) is 5.41 Å². The van der Waals surface area contributed by atoms with Crippen molar-refractivity contribution in [2.75, 3.05) is 20.2 Å². The van der Waals surface area contributed by atoms with E-state index >= 15 is 0 Å². The summed E-state index contributed by atoms with van der Waals surface area (Å²) in [7, 11) is 1.74. The average molecular weight is 188 g/mol. The molecule has 13 heavy (non-hydrogen) atoms. The van der Waals surface area contributed by atoms with Crippen LogP contribution in [0.25, 0.3) is 0 Å². The van der Waals surface area contributed by atoms with E-state index in [2.05, 4.69) is 10.6 Å². The number of carbonyl (C=O) groups is 1. The Kier molecular flexibility index (Phi) is 4.95. The predicted molar refractivity (Wildman–Crippen MR) is 52.4 cm³/mol. The largest absolute Gasteiger partial charge is 0.396 e. The molecule has 0 saturated carbocycles. The Morgan fingerprint density at radius 1 is 1.54 bits per heavy atom. The first-order valence-electron chi connectivity index (χ1n) is 4.49. The minimum atomic E-state index is -0.247. The summed E-state index contributed by atoms with van der Waals surface area (Å²) in [6.45, 7) is 6.16. The summed E-state index contributed by atoms with van der Waals surface area (Å²) in [6.07, 6.45) is 0. The summed E-state index contributed by atoms with van der Waals surface area (Å²) in [6, 6.07) is -0.186. The highest BCUT2D eigenvalue weighted by Gasteiger charge is 2.18. The zero-order valence-electron chi connectivity index (χ0n) is 8.85. The number of likely N-dealkylation sites (N-methyl/N-ethyl adjacent to an activating group) is 1. The maximum absolute atomic E-state index is 11.3. The summed E-state index contributed by atoms with van der Waals surface area (Å²) in [5.41, 5.74) is -0.247. The predicted octanol–water partition coefficient (Wildman–Crippen LogP) is -0.271. The van der Waals surface area contributed by atoms with Gasteiger partial charge in [-0.1, -0.05) is 13.8 Å². The quantitative estimate of drug-likeness (QED) is 0.556. The lowest BCUT2D eigenvalue weighted by atomic mass is 9.95. The molecule has 1 unspecified atom stereocenters. The topological polar surface area (TPSA) is 61.4 Å². The summed E-state index contributed by atoms with van der Waals surface area (Å²) in [4.78, 5) is 11.3. The molecule has 0 saturated heterocycles. The fourth-order valence-corrected chi connectivity index (χ4v) is 0.666. The van der Waals surface area contributed by atoms with Gasteiger partial charge in [0.1, 0.15) is 0 Å². The van der Waals surface area contributed by atoms with Crippen LogP contribution < -0.4 is 10.6 Å². The first-order chi connectivity index (χ1) is 5.93.